The predicted octanol–water partition coefficient (Wildman–Crippen LogP) is 3.50. The van der Waals surface area contributed by atoms with E-state index in [1.54, 1.807) is 6.07 Å². The molecule has 1 saturated heterocycles. The van der Waals surface area contributed by atoms with Gasteiger partial charge >= 0.3 is 0 Å². The number of amides is 2. The number of H-pyrrole nitrogens is 1. The van der Waals surface area contributed by atoms with Crippen LogP contribution in [0.5, 0.6) is 0 Å². The SMILES string of the molecule is O=C1CSC(=O)N1Cc1ccc(Sc2nc3ccccc3[nH]2)o1. The van der Waals surface area contributed by atoms with Gasteiger partial charge in [-0.05, 0) is 36.0 Å². The normalized spacial score (nSPS) is 15.0. The van der Waals surface area contributed by atoms with Crippen LogP contribution >= 0.6 is 23.5 Å². The Morgan fingerprint density at radius 3 is 2.91 bits per heavy atom. The molecule has 8 heteroatoms. The van der Waals surface area contributed by atoms with Crippen molar-refractivity contribution in [3.63, 3.8) is 0 Å². The van der Waals surface area contributed by atoms with Gasteiger partial charge in [0.15, 0.2) is 10.2 Å². The van der Waals surface area contributed by atoms with Gasteiger partial charge in [-0.3, -0.25) is 14.5 Å². The molecule has 0 bridgehead atoms. The van der Waals surface area contributed by atoms with Gasteiger partial charge in [0.05, 0.1) is 23.3 Å². The van der Waals surface area contributed by atoms with Gasteiger partial charge in [0, 0.05) is 0 Å². The van der Waals surface area contributed by atoms with E-state index in [0.717, 1.165) is 28.0 Å². The number of hydrogen-bond donors (Lipinski definition) is 1. The molecule has 2 aromatic heterocycles. The number of aromatic amines is 1. The number of carbonyl (C=O) groups excluding carboxylic acids is 2. The zero-order valence-corrected chi connectivity index (χ0v) is 13.4. The third-order valence-electron chi connectivity index (χ3n) is 3.36. The quantitative estimate of drug-likeness (QED) is 0.779. The van der Waals surface area contributed by atoms with Crippen molar-refractivity contribution in [3.05, 3.63) is 42.2 Å². The Balaban J connectivity index is 1.49. The van der Waals surface area contributed by atoms with Gasteiger partial charge in [-0.15, -0.1) is 0 Å². The monoisotopic (exact) mass is 345 g/mol. The lowest BCUT2D eigenvalue weighted by molar-refractivity contribution is -0.125. The summed E-state index contributed by atoms with van der Waals surface area (Å²) in [4.78, 5) is 32.1. The highest BCUT2D eigenvalue weighted by Gasteiger charge is 2.30. The molecule has 3 aromatic rings. The van der Waals surface area contributed by atoms with E-state index in [1.807, 2.05) is 30.3 Å². The van der Waals surface area contributed by atoms with Crippen molar-refractivity contribution in [1.29, 1.82) is 0 Å². The number of furan rings is 1. The molecular formula is C15H11N3O3S2. The van der Waals surface area contributed by atoms with Crippen LogP contribution in [0.1, 0.15) is 5.76 Å². The lowest BCUT2D eigenvalue weighted by Crippen LogP contribution is -2.27. The molecule has 1 aliphatic heterocycles. The Morgan fingerprint density at radius 2 is 2.13 bits per heavy atom. The van der Waals surface area contributed by atoms with Crippen LogP contribution in [0.3, 0.4) is 0 Å². The first-order valence-electron chi connectivity index (χ1n) is 6.87. The van der Waals surface area contributed by atoms with Gasteiger partial charge in [0.2, 0.25) is 5.91 Å². The molecule has 0 radical (unpaired) electrons. The first kappa shape index (κ1) is 14.4. The summed E-state index contributed by atoms with van der Waals surface area (Å²) >= 11 is 2.39. The second-order valence-corrected chi connectivity index (χ2v) is 6.84. The van der Waals surface area contributed by atoms with Crippen molar-refractivity contribution in [2.24, 2.45) is 0 Å². The van der Waals surface area contributed by atoms with Crippen molar-refractivity contribution in [2.45, 2.75) is 16.8 Å². The number of benzene rings is 1. The number of nitrogens with one attached hydrogen (secondary N) is 1. The van der Waals surface area contributed by atoms with Crippen molar-refractivity contribution >= 4 is 45.7 Å². The van der Waals surface area contributed by atoms with E-state index < -0.39 is 0 Å². The second kappa shape index (κ2) is 5.78. The molecule has 0 saturated carbocycles. The fourth-order valence-electron chi connectivity index (χ4n) is 2.26. The average molecular weight is 345 g/mol. The summed E-state index contributed by atoms with van der Waals surface area (Å²) in [5.74, 6) is 0.607. The van der Waals surface area contributed by atoms with E-state index >= 15 is 0 Å². The zero-order valence-electron chi connectivity index (χ0n) is 11.8. The number of imide groups is 1. The molecule has 1 aromatic carbocycles. The van der Waals surface area contributed by atoms with E-state index in [4.69, 9.17) is 4.42 Å². The summed E-state index contributed by atoms with van der Waals surface area (Å²) in [5.41, 5.74) is 1.86. The third kappa shape index (κ3) is 2.87. The zero-order chi connectivity index (χ0) is 15.8. The standard InChI is InChI=1S/C15H11N3O3S2/c19-12-8-22-15(20)18(12)7-9-5-6-13(21-9)23-14-16-10-3-1-2-4-11(10)17-14/h1-6H,7-8H2,(H,16,17). The molecule has 116 valence electrons. The number of carbonyl (C=O) groups is 2. The lowest BCUT2D eigenvalue weighted by Gasteiger charge is -2.09. The lowest BCUT2D eigenvalue weighted by atomic mass is 10.3. The fraction of sp³-hybridized carbons (Fsp3) is 0.133. The molecular weight excluding hydrogens is 334 g/mol. The highest BCUT2D eigenvalue weighted by Crippen LogP contribution is 2.30. The van der Waals surface area contributed by atoms with Crippen molar-refractivity contribution in [3.8, 4) is 0 Å². The molecule has 0 aliphatic carbocycles. The van der Waals surface area contributed by atoms with Crippen LogP contribution in [0.15, 0.2) is 51.1 Å². The molecule has 0 spiro atoms. The van der Waals surface area contributed by atoms with Crippen LogP contribution in [-0.2, 0) is 11.3 Å². The maximum Gasteiger partial charge on any atom is 0.289 e. The van der Waals surface area contributed by atoms with Gasteiger partial charge in [0.25, 0.3) is 5.24 Å². The van der Waals surface area contributed by atoms with E-state index in [1.165, 1.54) is 16.7 Å². The summed E-state index contributed by atoms with van der Waals surface area (Å²) < 4.78 is 5.69. The summed E-state index contributed by atoms with van der Waals surface area (Å²) in [7, 11) is 0. The fourth-order valence-corrected chi connectivity index (χ4v) is 3.77. The van der Waals surface area contributed by atoms with Crippen LogP contribution in [0.4, 0.5) is 4.79 Å². The first-order valence-corrected chi connectivity index (χ1v) is 8.68. The van der Waals surface area contributed by atoms with Crippen molar-refractivity contribution in [1.82, 2.24) is 14.9 Å². The smallest absolute Gasteiger partial charge is 0.289 e. The van der Waals surface area contributed by atoms with Crippen molar-refractivity contribution < 1.29 is 14.0 Å². The van der Waals surface area contributed by atoms with Crippen LogP contribution < -0.4 is 0 Å². The largest absolute Gasteiger partial charge is 0.453 e. The molecule has 4 rings (SSSR count). The number of thioether (sulfide) groups is 1. The van der Waals surface area contributed by atoms with E-state index in [-0.39, 0.29) is 23.4 Å². The number of nitrogens with zero attached hydrogens (tertiary/aromatic N) is 2. The second-order valence-electron chi connectivity index (χ2n) is 4.92. The average Bonchev–Trinajstić information content (AvgIpc) is 3.23. The molecule has 1 N–H and O–H groups in total. The summed E-state index contributed by atoms with van der Waals surface area (Å²) in [6, 6.07) is 11.4. The van der Waals surface area contributed by atoms with Gasteiger partial charge < -0.3 is 9.40 Å². The Kier molecular flexibility index (Phi) is 3.62. The number of para-hydroxylation sites is 2. The van der Waals surface area contributed by atoms with Crippen molar-refractivity contribution in [2.75, 3.05) is 5.75 Å². The van der Waals surface area contributed by atoms with Gasteiger partial charge in [-0.2, -0.15) is 0 Å². The maximum absolute atomic E-state index is 11.6. The predicted molar refractivity (Wildman–Crippen MR) is 87.3 cm³/mol. The molecule has 0 atom stereocenters. The third-order valence-corrected chi connectivity index (χ3v) is 5.02. The Bertz CT molecular complexity index is 853. The molecule has 6 nitrogen and oxygen atoms in total. The maximum atomic E-state index is 11.6. The molecule has 1 fully saturated rings. The number of aromatic nitrogens is 2. The van der Waals surface area contributed by atoms with Gasteiger partial charge in [0.1, 0.15) is 5.76 Å². The number of imidazole rings is 1. The first-order chi connectivity index (χ1) is 11.2. The van der Waals surface area contributed by atoms with Crippen LogP contribution in [-0.4, -0.2) is 31.8 Å². The van der Waals surface area contributed by atoms with Crippen LogP contribution in [0.25, 0.3) is 11.0 Å². The summed E-state index contributed by atoms with van der Waals surface area (Å²) in [6.07, 6.45) is 0. The summed E-state index contributed by atoms with van der Waals surface area (Å²) in [6.45, 7) is 0.172. The minimum atomic E-state index is -0.224. The molecule has 2 amide bonds. The van der Waals surface area contributed by atoms with Crippen LogP contribution in [0, 0.1) is 0 Å². The number of hydrogen-bond acceptors (Lipinski definition) is 6. The minimum Gasteiger partial charge on any atom is -0.453 e. The topological polar surface area (TPSA) is 79.2 Å². The Morgan fingerprint density at radius 1 is 1.26 bits per heavy atom. The Hall–Kier alpha value is -2.19. The Labute approximate surface area is 139 Å². The molecule has 1 aliphatic rings. The highest BCUT2D eigenvalue weighted by atomic mass is 32.2. The van der Waals surface area contributed by atoms with E-state index in [9.17, 15) is 9.59 Å². The number of fused-ring (bicyclic) bond motifs is 1. The summed E-state index contributed by atoms with van der Waals surface area (Å²) in [5, 5.41) is 1.17. The van der Waals surface area contributed by atoms with Gasteiger partial charge in [-0.25, -0.2) is 4.98 Å². The van der Waals surface area contributed by atoms with Gasteiger partial charge in [-0.1, -0.05) is 23.9 Å². The van der Waals surface area contributed by atoms with Crippen LogP contribution in [0.2, 0.25) is 0 Å². The highest BCUT2D eigenvalue weighted by molar-refractivity contribution is 8.14. The minimum absolute atomic E-state index is 0.172. The number of rotatable bonds is 4. The van der Waals surface area contributed by atoms with E-state index in [0.29, 0.717) is 10.9 Å². The molecule has 3 heterocycles. The van der Waals surface area contributed by atoms with E-state index in [2.05, 4.69) is 9.97 Å². The molecule has 0 unspecified atom stereocenters. The molecule has 23 heavy (non-hydrogen) atoms.